The molecule has 0 spiro atoms. The van der Waals surface area contributed by atoms with Crippen LogP contribution in [0.25, 0.3) is 0 Å². The maximum atomic E-state index is 11.5. The molecule has 0 saturated carbocycles. The predicted octanol–water partition coefficient (Wildman–Crippen LogP) is 1.48. The van der Waals surface area contributed by atoms with Gasteiger partial charge in [0.05, 0.1) is 7.11 Å². The van der Waals surface area contributed by atoms with E-state index in [1.54, 1.807) is 45.0 Å². The number of ether oxygens (including phenoxy) is 3. The fourth-order valence-electron chi connectivity index (χ4n) is 1.68. The van der Waals surface area contributed by atoms with Crippen LogP contribution < -0.4 is 4.74 Å². The van der Waals surface area contributed by atoms with E-state index in [1.165, 1.54) is 7.11 Å². The van der Waals surface area contributed by atoms with Gasteiger partial charge in [-0.1, -0.05) is 12.1 Å². The van der Waals surface area contributed by atoms with Crippen LogP contribution in [0.2, 0.25) is 0 Å². The van der Waals surface area contributed by atoms with E-state index in [9.17, 15) is 14.7 Å². The van der Waals surface area contributed by atoms with Gasteiger partial charge in [-0.2, -0.15) is 0 Å². The van der Waals surface area contributed by atoms with Crippen LogP contribution in [0.4, 0.5) is 0 Å². The lowest BCUT2D eigenvalue weighted by Gasteiger charge is -2.19. The molecule has 1 aromatic rings. The van der Waals surface area contributed by atoms with Crippen LogP contribution >= 0.6 is 0 Å². The minimum atomic E-state index is -1.20. The molecule has 0 aliphatic carbocycles. The van der Waals surface area contributed by atoms with E-state index in [-0.39, 0.29) is 13.0 Å². The summed E-state index contributed by atoms with van der Waals surface area (Å²) in [5.41, 5.74) is 0.205. The first kappa shape index (κ1) is 18.0. The minimum Gasteiger partial charge on any atom is -0.482 e. The molecule has 1 atom stereocenters. The van der Waals surface area contributed by atoms with Crippen molar-refractivity contribution < 1.29 is 28.9 Å². The van der Waals surface area contributed by atoms with Crippen LogP contribution in [0.3, 0.4) is 0 Å². The average molecular weight is 310 g/mol. The number of aliphatic hydroxyl groups is 1. The molecule has 122 valence electrons. The van der Waals surface area contributed by atoms with E-state index in [1.807, 2.05) is 0 Å². The molecule has 0 heterocycles. The Labute approximate surface area is 130 Å². The molecule has 1 rings (SSSR count). The number of aliphatic hydroxyl groups excluding tert-OH is 1. The molecular weight excluding hydrogens is 288 g/mol. The van der Waals surface area contributed by atoms with E-state index in [0.29, 0.717) is 5.75 Å². The second-order valence-electron chi connectivity index (χ2n) is 5.76. The molecule has 0 amide bonds. The number of hydrogen-bond acceptors (Lipinski definition) is 6. The summed E-state index contributed by atoms with van der Waals surface area (Å²) in [4.78, 5) is 22.6. The third-order valence-electron chi connectivity index (χ3n) is 2.60. The molecule has 6 nitrogen and oxygen atoms in total. The molecule has 0 aliphatic heterocycles. The monoisotopic (exact) mass is 310 g/mol. The average Bonchev–Trinajstić information content (AvgIpc) is 2.43. The lowest BCUT2D eigenvalue weighted by molar-refractivity contribution is -0.157. The Morgan fingerprint density at radius 1 is 1.18 bits per heavy atom. The fourth-order valence-corrected chi connectivity index (χ4v) is 1.68. The van der Waals surface area contributed by atoms with Crippen molar-refractivity contribution in [1.82, 2.24) is 0 Å². The smallest absolute Gasteiger partial charge is 0.344 e. The molecule has 0 saturated heterocycles. The van der Waals surface area contributed by atoms with Gasteiger partial charge in [0, 0.05) is 6.42 Å². The second-order valence-corrected chi connectivity index (χ2v) is 5.76. The van der Waals surface area contributed by atoms with Gasteiger partial charge >= 0.3 is 11.9 Å². The molecule has 22 heavy (non-hydrogen) atoms. The number of carbonyl (C=O) groups excluding carboxylic acids is 2. The highest BCUT2D eigenvalue weighted by atomic mass is 16.6. The summed E-state index contributed by atoms with van der Waals surface area (Å²) in [7, 11) is 1.22. The second kappa shape index (κ2) is 7.79. The van der Waals surface area contributed by atoms with Gasteiger partial charge in [0.15, 0.2) is 12.7 Å². The van der Waals surface area contributed by atoms with Gasteiger partial charge in [-0.05, 0) is 38.5 Å². The van der Waals surface area contributed by atoms with Gasteiger partial charge in [0.25, 0.3) is 0 Å². The zero-order valence-electron chi connectivity index (χ0n) is 13.3. The summed E-state index contributed by atoms with van der Waals surface area (Å²) in [6, 6.07) is 6.72. The standard InChI is InChI=1S/C16H22O6/c1-16(2,3)22-14(18)10-21-12-7-5-11(6-8-12)9-13(17)15(19)20-4/h5-8,13,17H,9-10H2,1-4H3. The van der Waals surface area contributed by atoms with Gasteiger partial charge in [-0.25, -0.2) is 9.59 Å². The first-order chi connectivity index (χ1) is 10.2. The maximum absolute atomic E-state index is 11.5. The van der Waals surface area contributed by atoms with Gasteiger partial charge in [-0.3, -0.25) is 0 Å². The SMILES string of the molecule is COC(=O)C(O)Cc1ccc(OCC(=O)OC(C)(C)C)cc1. The van der Waals surface area contributed by atoms with Crippen molar-refractivity contribution in [1.29, 1.82) is 0 Å². The molecule has 0 fully saturated rings. The van der Waals surface area contributed by atoms with Gasteiger partial charge in [0.1, 0.15) is 11.4 Å². The summed E-state index contributed by atoms with van der Waals surface area (Å²) >= 11 is 0. The summed E-state index contributed by atoms with van der Waals surface area (Å²) in [6.07, 6.45) is -1.04. The van der Waals surface area contributed by atoms with E-state index >= 15 is 0 Å². The molecule has 1 N–H and O–H groups in total. The van der Waals surface area contributed by atoms with Gasteiger partial charge in [-0.15, -0.1) is 0 Å². The number of benzene rings is 1. The first-order valence-electron chi connectivity index (χ1n) is 6.91. The van der Waals surface area contributed by atoms with E-state index in [0.717, 1.165) is 5.56 Å². The normalized spacial score (nSPS) is 12.4. The van der Waals surface area contributed by atoms with Crippen molar-refractivity contribution in [2.45, 2.75) is 38.9 Å². The third-order valence-corrected chi connectivity index (χ3v) is 2.60. The van der Waals surface area contributed by atoms with Crippen LogP contribution in [0.5, 0.6) is 5.75 Å². The van der Waals surface area contributed by atoms with Crippen molar-refractivity contribution in [3.8, 4) is 5.75 Å². The minimum absolute atomic E-state index is 0.152. The fraction of sp³-hybridized carbons (Fsp3) is 0.500. The highest BCUT2D eigenvalue weighted by Crippen LogP contribution is 2.14. The number of carbonyl (C=O) groups is 2. The zero-order valence-corrected chi connectivity index (χ0v) is 13.3. The molecule has 0 radical (unpaired) electrons. The molecule has 0 bridgehead atoms. The summed E-state index contributed by atoms with van der Waals surface area (Å²) < 4.78 is 14.9. The Morgan fingerprint density at radius 3 is 2.27 bits per heavy atom. The Hall–Kier alpha value is -2.08. The van der Waals surface area contributed by atoms with Gasteiger partial charge in [0.2, 0.25) is 0 Å². The Bertz CT molecular complexity index is 500. The van der Waals surface area contributed by atoms with Crippen molar-refractivity contribution in [3.63, 3.8) is 0 Å². The number of methoxy groups -OCH3 is 1. The van der Waals surface area contributed by atoms with Crippen LogP contribution in [0, 0.1) is 0 Å². The van der Waals surface area contributed by atoms with Crippen molar-refractivity contribution in [2.75, 3.05) is 13.7 Å². The summed E-state index contributed by atoms with van der Waals surface area (Å²) in [5, 5.41) is 9.56. The largest absolute Gasteiger partial charge is 0.482 e. The molecule has 0 aliphatic rings. The van der Waals surface area contributed by atoms with Crippen molar-refractivity contribution >= 4 is 11.9 Å². The topological polar surface area (TPSA) is 82.1 Å². The van der Waals surface area contributed by atoms with Crippen LogP contribution in [-0.4, -0.2) is 42.5 Å². The summed E-state index contributed by atoms with van der Waals surface area (Å²) in [6.45, 7) is 5.17. The van der Waals surface area contributed by atoms with E-state index < -0.39 is 23.6 Å². The molecule has 1 unspecified atom stereocenters. The van der Waals surface area contributed by atoms with Crippen LogP contribution in [0.1, 0.15) is 26.3 Å². The number of esters is 2. The first-order valence-corrected chi connectivity index (χ1v) is 6.91. The molecule has 6 heteroatoms. The lowest BCUT2D eigenvalue weighted by Crippen LogP contribution is -2.27. The van der Waals surface area contributed by atoms with Gasteiger partial charge < -0.3 is 19.3 Å². The van der Waals surface area contributed by atoms with Crippen LogP contribution in [-0.2, 0) is 25.5 Å². The van der Waals surface area contributed by atoms with E-state index in [2.05, 4.69) is 4.74 Å². The van der Waals surface area contributed by atoms with E-state index in [4.69, 9.17) is 9.47 Å². The number of rotatable bonds is 6. The predicted molar refractivity (Wildman–Crippen MR) is 79.5 cm³/mol. The Morgan fingerprint density at radius 2 is 1.77 bits per heavy atom. The Balaban J connectivity index is 2.48. The highest BCUT2D eigenvalue weighted by Gasteiger charge is 2.17. The highest BCUT2D eigenvalue weighted by molar-refractivity contribution is 5.74. The molecule has 1 aromatic carbocycles. The number of hydrogen-bond donors (Lipinski definition) is 1. The maximum Gasteiger partial charge on any atom is 0.344 e. The quantitative estimate of drug-likeness (QED) is 0.802. The Kier molecular flexibility index (Phi) is 6.37. The molecule has 0 aromatic heterocycles. The van der Waals surface area contributed by atoms with Crippen molar-refractivity contribution in [3.05, 3.63) is 29.8 Å². The van der Waals surface area contributed by atoms with Crippen molar-refractivity contribution in [2.24, 2.45) is 0 Å². The lowest BCUT2D eigenvalue weighted by atomic mass is 10.1. The molecular formula is C16H22O6. The summed E-state index contributed by atoms with van der Waals surface area (Å²) in [5.74, 6) is -0.620. The zero-order chi connectivity index (χ0) is 16.8. The van der Waals surface area contributed by atoms with Crippen LogP contribution in [0.15, 0.2) is 24.3 Å². The third kappa shape index (κ3) is 6.58.